The van der Waals surface area contributed by atoms with Crippen LogP contribution in [-0.4, -0.2) is 65.9 Å². The monoisotopic (exact) mass is 577 g/mol. The first-order chi connectivity index (χ1) is 19.4. The van der Waals surface area contributed by atoms with Crippen molar-refractivity contribution in [1.82, 2.24) is 15.2 Å². The summed E-state index contributed by atoms with van der Waals surface area (Å²) in [4.78, 5) is 44.2. The van der Waals surface area contributed by atoms with Gasteiger partial charge in [-0.3, -0.25) is 19.4 Å². The van der Waals surface area contributed by atoms with Crippen molar-refractivity contribution in [3.63, 3.8) is 0 Å². The van der Waals surface area contributed by atoms with Gasteiger partial charge >= 0.3 is 6.18 Å². The van der Waals surface area contributed by atoms with Crippen molar-refractivity contribution in [3.8, 4) is 0 Å². The largest absolute Gasteiger partial charge is 0.416 e. The molecule has 0 fully saturated rings. The zero-order valence-corrected chi connectivity index (χ0v) is 21.9. The van der Waals surface area contributed by atoms with Crippen LogP contribution in [0.4, 0.5) is 23.2 Å². The molecule has 3 atom stereocenters. The summed E-state index contributed by atoms with van der Waals surface area (Å²) >= 11 is 0. The van der Waals surface area contributed by atoms with Crippen LogP contribution in [0.3, 0.4) is 0 Å². The molecule has 10 nitrogen and oxygen atoms in total. The Morgan fingerprint density at radius 1 is 0.951 bits per heavy atom. The van der Waals surface area contributed by atoms with E-state index in [-0.39, 0.29) is 37.4 Å². The van der Waals surface area contributed by atoms with Gasteiger partial charge in [-0.25, -0.2) is 4.39 Å². The summed E-state index contributed by atoms with van der Waals surface area (Å²) < 4.78 is 54.7. The first-order valence-corrected chi connectivity index (χ1v) is 12.6. The average Bonchev–Trinajstić information content (AvgIpc) is 2.94. The van der Waals surface area contributed by atoms with E-state index in [1.807, 2.05) is 0 Å². The molecule has 0 bridgehead atoms. The van der Waals surface area contributed by atoms with E-state index in [1.54, 1.807) is 30.5 Å². The molecule has 8 N–H and O–H groups in total. The molecule has 0 aliphatic heterocycles. The predicted octanol–water partition coefficient (Wildman–Crippen LogP) is 1.85. The van der Waals surface area contributed by atoms with E-state index in [0.717, 1.165) is 12.1 Å². The Hall–Kier alpha value is -4.14. The van der Waals surface area contributed by atoms with Crippen LogP contribution in [0.2, 0.25) is 0 Å². The van der Waals surface area contributed by atoms with E-state index in [9.17, 15) is 27.6 Å². The number of rotatable bonds is 12. The second kappa shape index (κ2) is 14.0. The summed E-state index contributed by atoms with van der Waals surface area (Å²) in [6.07, 6.45) is -5.81. The summed E-state index contributed by atoms with van der Waals surface area (Å²) in [6, 6.07) is 7.87. The Morgan fingerprint density at radius 3 is 2.22 bits per heavy atom. The van der Waals surface area contributed by atoms with E-state index < -0.39 is 54.1 Å². The van der Waals surface area contributed by atoms with E-state index in [1.165, 1.54) is 11.0 Å². The van der Waals surface area contributed by atoms with Gasteiger partial charge in [0.15, 0.2) is 6.17 Å². The molecular formula is C27H31F4N7O3. The number of amides is 3. The number of alkyl halides is 4. The Kier molecular flexibility index (Phi) is 10.7. The van der Waals surface area contributed by atoms with E-state index in [0.29, 0.717) is 23.0 Å². The van der Waals surface area contributed by atoms with Gasteiger partial charge in [0.25, 0.3) is 0 Å². The van der Waals surface area contributed by atoms with Crippen LogP contribution in [0.15, 0.2) is 60.8 Å². The number of halogens is 4. The summed E-state index contributed by atoms with van der Waals surface area (Å²) in [5.74, 6) is -2.54. The summed E-state index contributed by atoms with van der Waals surface area (Å²) in [6.45, 7) is 0.655. The highest BCUT2D eigenvalue weighted by atomic mass is 19.4. The molecule has 3 aromatic rings. The van der Waals surface area contributed by atoms with Gasteiger partial charge in [0.1, 0.15) is 6.04 Å². The SMILES string of the molecule is NCCN(CCN)C(=O)C[C@H](N)C(=O)N[C@H](C(=O)Nc1ccc2ncccc2c1)[C@@H](F)c1ccc(C(F)(F)F)cc1. The minimum Gasteiger partial charge on any atom is -0.340 e. The number of fused-ring (bicyclic) bond motifs is 1. The zero-order chi connectivity index (χ0) is 30.2. The van der Waals surface area contributed by atoms with E-state index in [2.05, 4.69) is 15.6 Å². The molecule has 3 rings (SSSR count). The minimum absolute atomic E-state index is 0.150. The molecule has 1 heterocycles. The number of carbonyl (C=O) groups is 3. The lowest BCUT2D eigenvalue weighted by atomic mass is 10.00. The fourth-order valence-electron chi connectivity index (χ4n) is 4.04. The van der Waals surface area contributed by atoms with Gasteiger partial charge in [0.05, 0.1) is 23.5 Å². The van der Waals surface area contributed by atoms with Crippen LogP contribution in [0.5, 0.6) is 0 Å². The van der Waals surface area contributed by atoms with Crippen molar-refractivity contribution in [2.45, 2.75) is 30.9 Å². The van der Waals surface area contributed by atoms with Gasteiger partial charge in [0.2, 0.25) is 17.7 Å². The number of anilines is 1. The molecule has 3 amide bonds. The van der Waals surface area contributed by atoms with Gasteiger partial charge in [0, 0.05) is 43.4 Å². The second-order valence-corrected chi connectivity index (χ2v) is 9.18. The predicted molar refractivity (Wildman–Crippen MR) is 145 cm³/mol. The third-order valence-corrected chi connectivity index (χ3v) is 6.18. The molecule has 0 spiro atoms. The average molecular weight is 578 g/mol. The van der Waals surface area contributed by atoms with Crippen LogP contribution in [0, 0.1) is 0 Å². The van der Waals surface area contributed by atoms with Crippen molar-refractivity contribution in [2.75, 3.05) is 31.5 Å². The smallest absolute Gasteiger partial charge is 0.340 e. The number of nitrogens with zero attached hydrogens (tertiary/aromatic N) is 2. The Balaban J connectivity index is 1.83. The lowest BCUT2D eigenvalue weighted by Crippen LogP contribution is -2.53. The van der Waals surface area contributed by atoms with Crippen LogP contribution in [-0.2, 0) is 20.6 Å². The quantitative estimate of drug-likeness (QED) is 0.205. The second-order valence-electron chi connectivity index (χ2n) is 9.18. The summed E-state index contributed by atoms with van der Waals surface area (Å²) in [5, 5.41) is 5.40. The highest BCUT2D eigenvalue weighted by Gasteiger charge is 2.35. The number of aromatic nitrogens is 1. The maximum Gasteiger partial charge on any atom is 0.416 e. The Bertz CT molecular complexity index is 1350. The number of hydrogen-bond donors (Lipinski definition) is 5. The number of pyridine rings is 1. The molecule has 0 aliphatic carbocycles. The first-order valence-electron chi connectivity index (χ1n) is 12.6. The highest BCUT2D eigenvalue weighted by molar-refractivity contribution is 6.00. The number of nitrogens with two attached hydrogens (primary N) is 3. The van der Waals surface area contributed by atoms with Gasteiger partial charge in [-0.15, -0.1) is 0 Å². The molecular weight excluding hydrogens is 546 g/mol. The normalized spacial score (nSPS) is 13.7. The van der Waals surface area contributed by atoms with Crippen molar-refractivity contribution < 1.29 is 31.9 Å². The molecule has 0 unspecified atom stereocenters. The van der Waals surface area contributed by atoms with Crippen LogP contribution < -0.4 is 27.8 Å². The maximum absolute atomic E-state index is 15.7. The van der Waals surface area contributed by atoms with Crippen molar-refractivity contribution in [1.29, 1.82) is 0 Å². The third-order valence-electron chi connectivity index (χ3n) is 6.18. The molecule has 41 heavy (non-hydrogen) atoms. The summed E-state index contributed by atoms with van der Waals surface area (Å²) in [7, 11) is 0. The van der Waals surface area contributed by atoms with Crippen LogP contribution in [0.25, 0.3) is 10.9 Å². The van der Waals surface area contributed by atoms with Gasteiger partial charge in [-0.1, -0.05) is 18.2 Å². The van der Waals surface area contributed by atoms with Crippen LogP contribution >= 0.6 is 0 Å². The van der Waals surface area contributed by atoms with Gasteiger partial charge in [-0.2, -0.15) is 13.2 Å². The minimum atomic E-state index is -4.65. The molecule has 0 saturated heterocycles. The lowest BCUT2D eigenvalue weighted by molar-refractivity contribution is -0.137. The Labute approximate surface area is 233 Å². The van der Waals surface area contributed by atoms with E-state index in [4.69, 9.17) is 17.2 Å². The molecule has 0 radical (unpaired) electrons. The first kappa shape index (κ1) is 31.4. The number of benzene rings is 2. The zero-order valence-electron chi connectivity index (χ0n) is 21.9. The molecule has 1 aromatic heterocycles. The molecule has 2 aromatic carbocycles. The fourth-order valence-corrected chi connectivity index (χ4v) is 4.04. The van der Waals surface area contributed by atoms with Gasteiger partial charge in [-0.05, 0) is 42.0 Å². The van der Waals surface area contributed by atoms with Crippen molar-refractivity contribution >= 4 is 34.3 Å². The standard InChI is InChI=1S/C27H31F4N7O3/c28-23(16-3-5-18(6-4-16)27(29,30)31)24(26(41)36-19-7-8-21-17(14-19)2-1-11-35-21)37-25(40)20(34)15-22(39)38(12-9-32)13-10-33/h1-8,11,14,20,23-24H,9-10,12-13,15,32-34H2,(H,36,41)(H,37,40)/t20-,23-,24-/m0/s1. The van der Waals surface area contributed by atoms with Crippen LogP contribution in [0.1, 0.15) is 23.7 Å². The van der Waals surface area contributed by atoms with Crippen molar-refractivity contribution in [2.24, 2.45) is 17.2 Å². The maximum atomic E-state index is 15.7. The number of nitrogens with one attached hydrogen (secondary N) is 2. The fraction of sp³-hybridized carbons (Fsp3) is 0.333. The summed E-state index contributed by atoms with van der Waals surface area (Å²) in [5.41, 5.74) is 16.5. The molecule has 220 valence electrons. The third kappa shape index (κ3) is 8.42. The molecule has 14 heteroatoms. The number of hydrogen-bond acceptors (Lipinski definition) is 7. The molecule has 0 aliphatic rings. The molecule has 0 saturated carbocycles. The topological polar surface area (TPSA) is 169 Å². The van der Waals surface area contributed by atoms with Crippen molar-refractivity contribution in [3.05, 3.63) is 71.9 Å². The lowest BCUT2D eigenvalue weighted by Gasteiger charge is -2.25. The van der Waals surface area contributed by atoms with Gasteiger partial charge < -0.3 is 32.7 Å². The number of carbonyl (C=O) groups excluding carboxylic acids is 3. The Morgan fingerprint density at radius 2 is 1.61 bits per heavy atom. The van der Waals surface area contributed by atoms with E-state index >= 15 is 4.39 Å². The highest BCUT2D eigenvalue weighted by Crippen LogP contribution is 2.31.